The minimum Gasteiger partial charge on any atom is -0.457 e. The first-order chi connectivity index (χ1) is 20.4. The average Bonchev–Trinajstić information content (AvgIpc) is 2.95. The smallest absolute Gasteiger partial charge is 0.230 e. The molecule has 43 heavy (non-hydrogen) atoms. The van der Waals surface area contributed by atoms with Gasteiger partial charge in [0.15, 0.2) is 0 Å². The van der Waals surface area contributed by atoms with Gasteiger partial charge in [-0.05, 0) is 83.9 Å². The van der Waals surface area contributed by atoms with Gasteiger partial charge in [-0.15, -0.1) is 0 Å². The summed E-state index contributed by atoms with van der Waals surface area (Å²) in [6.07, 6.45) is 0. The van der Waals surface area contributed by atoms with Crippen molar-refractivity contribution in [2.45, 2.75) is 47.0 Å². The van der Waals surface area contributed by atoms with E-state index < -0.39 is 0 Å². The van der Waals surface area contributed by atoms with Crippen LogP contribution in [0.1, 0.15) is 52.7 Å². The van der Waals surface area contributed by atoms with Gasteiger partial charge in [-0.1, -0.05) is 38.1 Å². The molecule has 0 unspecified atom stereocenters. The molecule has 4 rings (SSSR count). The highest BCUT2D eigenvalue weighted by molar-refractivity contribution is 6.13. The van der Waals surface area contributed by atoms with Crippen molar-refractivity contribution in [3.8, 4) is 23.0 Å². The standard InChI is InChI=1S/C35H34N2O6/c1-23(38)36(24(2)39)29-11-19-33(20-12-29)42-31-15-7-27(8-16-31)35(5,6)28-9-17-32(18-10-28)43-34-21-13-30(14-22-34)37(25(3)40)26(4)41/h7-22H,1-6H3. The number of benzene rings is 4. The molecular weight excluding hydrogens is 544 g/mol. The summed E-state index contributed by atoms with van der Waals surface area (Å²) in [5, 5.41) is 0. The van der Waals surface area contributed by atoms with E-state index in [0.717, 1.165) is 20.9 Å². The molecule has 0 radical (unpaired) electrons. The Labute approximate surface area is 251 Å². The SMILES string of the molecule is CC(=O)N(C(C)=O)c1ccc(Oc2ccc(C(C)(C)c3ccc(Oc4ccc(N(C(C)=O)C(C)=O)cc4)cc3)cc2)cc1. The Kier molecular flexibility index (Phi) is 9.09. The highest BCUT2D eigenvalue weighted by Crippen LogP contribution is 2.35. The lowest BCUT2D eigenvalue weighted by Crippen LogP contribution is -2.32. The van der Waals surface area contributed by atoms with Gasteiger partial charge in [0, 0.05) is 33.1 Å². The zero-order chi connectivity index (χ0) is 31.3. The number of rotatable bonds is 8. The first kappa shape index (κ1) is 30.7. The third-order valence-corrected chi connectivity index (χ3v) is 7.07. The van der Waals surface area contributed by atoms with Crippen molar-refractivity contribution in [2.24, 2.45) is 0 Å². The third-order valence-electron chi connectivity index (χ3n) is 7.07. The van der Waals surface area contributed by atoms with E-state index in [9.17, 15) is 19.2 Å². The van der Waals surface area contributed by atoms with Crippen LogP contribution in [0.25, 0.3) is 0 Å². The molecule has 0 saturated carbocycles. The minimum atomic E-state index is -0.346. The Bertz CT molecular complexity index is 1470. The van der Waals surface area contributed by atoms with E-state index in [4.69, 9.17) is 9.47 Å². The van der Waals surface area contributed by atoms with Crippen LogP contribution in [0.3, 0.4) is 0 Å². The Hall–Kier alpha value is -5.24. The Morgan fingerprint density at radius 3 is 0.907 bits per heavy atom. The lowest BCUT2D eigenvalue weighted by atomic mass is 9.78. The molecular formula is C35H34N2O6. The van der Waals surface area contributed by atoms with Gasteiger partial charge in [-0.25, -0.2) is 0 Å². The van der Waals surface area contributed by atoms with Gasteiger partial charge in [0.05, 0.1) is 11.4 Å². The summed E-state index contributed by atoms with van der Waals surface area (Å²) in [6.45, 7) is 9.68. The van der Waals surface area contributed by atoms with Crippen LogP contribution in [0, 0.1) is 0 Å². The number of amides is 4. The molecule has 0 atom stereocenters. The second-order valence-corrected chi connectivity index (χ2v) is 10.6. The van der Waals surface area contributed by atoms with Crippen molar-refractivity contribution >= 4 is 35.0 Å². The van der Waals surface area contributed by atoms with Crippen LogP contribution in [0.2, 0.25) is 0 Å². The van der Waals surface area contributed by atoms with Crippen molar-refractivity contribution in [3.05, 3.63) is 108 Å². The van der Waals surface area contributed by atoms with E-state index in [2.05, 4.69) is 13.8 Å². The molecule has 0 fully saturated rings. The van der Waals surface area contributed by atoms with Gasteiger partial charge in [-0.2, -0.15) is 0 Å². The van der Waals surface area contributed by atoms with E-state index in [1.165, 1.54) is 27.7 Å². The van der Waals surface area contributed by atoms with Crippen molar-refractivity contribution in [3.63, 3.8) is 0 Å². The fraction of sp³-hybridized carbons (Fsp3) is 0.200. The highest BCUT2D eigenvalue weighted by Gasteiger charge is 2.23. The lowest BCUT2D eigenvalue weighted by Gasteiger charge is -2.26. The predicted molar refractivity (Wildman–Crippen MR) is 166 cm³/mol. The zero-order valence-electron chi connectivity index (χ0n) is 25.1. The predicted octanol–water partition coefficient (Wildman–Crippen LogP) is 7.40. The summed E-state index contributed by atoms with van der Waals surface area (Å²) in [5.74, 6) is 1.11. The molecule has 0 aliphatic heterocycles. The number of nitrogens with zero attached hydrogens (tertiary/aromatic N) is 2. The van der Waals surface area contributed by atoms with Crippen molar-refractivity contribution in [2.75, 3.05) is 9.80 Å². The van der Waals surface area contributed by atoms with Crippen molar-refractivity contribution < 1.29 is 28.7 Å². The molecule has 4 aromatic rings. The number of ether oxygens (including phenoxy) is 2. The van der Waals surface area contributed by atoms with Crippen molar-refractivity contribution in [1.29, 1.82) is 0 Å². The number of hydrogen-bond acceptors (Lipinski definition) is 6. The van der Waals surface area contributed by atoms with Crippen LogP contribution in [0.5, 0.6) is 23.0 Å². The topological polar surface area (TPSA) is 93.2 Å². The first-order valence-electron chi connectivity index (χ1n) is 13.8. The lowest BCUT2D eigenvalue weighted by molar-refractivity contribution is -0.125. The van der Waals surface area contributed by atoms with Crippen LogP contribution < -0.4 is 19.3 Å². The van der Waals surface area contributed by atoms with Gasteiger partial charge in [0.25, 0.3) is 0 Å². The fourth-order valence-electron chi connectivity index (χ4n) is 4.82. The summed E-state index contributed by atoms with van der Waals surface area (Å²) in [7, 11) is 0. The van der Waals surface area contributed by atoms with E-state index in [1.807, 2.05) is 48.5 Å². The van der Waals surface area contributed by atoms with E-state index >= 15 is 0 Å². The summed E-state index contributed by atoms with van der Waals surface area (Å²) in [6, 6.07) is 29.3. The Balaban J connectivity index is 1.41. The van der Waals surface area contributed by atoms with Gasteiger partial charge in [-0.3, -0.25) is 29.0 Å². The highest BCUT2D eigenvalue weighted by atomic mass is 16.5. The molecule has 0 N–H and O–H groups in total. The summed E-state index contributed by atoms with van der Waals surface area (Å²) >= 11 is 0. The van der Waals surface area contributed by atoms with E-state index in [1.54, 1.807) is 48.5 Å². The van der Waals surface area contributed by atoms with Crippen LogP contribution in [-0.2, 0) is 24.6 Å². The normalized spacial score (nSPS) is 10.9. The van der Waals surface area contributed by atoms with Crippen LogP contribution in [0.4, 0.5) is 11.4 Å². The molecule has 0 aliphatic rings. The molecule has 0 bridgehead atoms. The van der Waals surface area contributed by atoms with Gasteiger partial charge in [0.2, 0.25) is 23.6 Å². The Morgan fingerprint density at radius 2 is 0.674 bits per heavy atom. The summed E-state index contributed by atoms with van der Waals surface area (Å²) in [4.78, 5) is 49.3. The van der Waals surface area contributed by atoms with Gasteiger partial charge < -0.3 is 9.47 Å². The molecule has 4 amide bonds. The maximum atomic E-state index is 11.8. The second kappa shape index (κ2) is 12.7. The zero-order valence-corrected chi connectivity index (χ0v) is 25.1. The van der Waals surface area contributed by atoms with Crippen molar-refractivity contribution in [1.82, 2.24) is 0 Å². The number of carbonyl (C=O) groups is 4. The number of imide groups is 2. The first-order valence-corrected chi connectivity index (χ1v) is 13.8. The number of carbonyl (C=O) groups excluding carboxylic acids is 4. The monoisotopic (exact) mass is 578 g/mol. The number of hydrogen-bond donors (Lipinski definition) is 0. The van der Waals surface area contributed by atoms with Gasteiger partial charge in [0.1, 0.15) is 23.0 Å². The Morgan fingerprint density at radius 1 is 0.442 bits per heavy atom. The molecule has 4 aromatic carbocycles. The molecule has 8 heteroatoms. The van der Waals surface area contributed by atoms with Crippen LogP contribution in [0.15, 0.2) is 97.1 Å². The van der Waals surface area contributed by atoms with Gasteiger partial charge >= 0.3 is 0 Å². The van der Waals surface area contributed by atoms with E-state index in [0.29, 0.717) is 34.4 Å². The molecule has 8 nitrogen and oxygen atoms in total. The maximum Gasteiger partial charge on any atom is 0.230 e. The summed E-state index contributed by atoms with van der Waals surface area (Å²) in [5.41, 5.74) is 2.87. The molecule has 0 saturated heterocycles. The maximum absolute atomic E-state index is 11.8. The number of anilines is 2. The second-order valence-electron chi connectivity index (χ2n) is 10.6. The third kappa shape index (κ3) is 7.16. The summed E-state index contributed by atoms with van der Waals surface area (Å²) < 4.78 is 12.0. The minimum absolute atomic E-state index is 0.300. The molecule has 0 aliphatic carbocycles. The quantitative estimate of drug-likeness (QED) is 0.216. The molecule has 0 spiro atoms. The molecule has 220 valence electrons. The van der Waals surface area contributed by atoms with Crippen LogP contribution in [-0.4, -0.2) is 23.6 Å². The van der Waals surface area contributed by atoms with Crippen LogP contribution >= 0.6 is 0 Å². The molecule has 0 heterocycles. The molecule has 0 aromatic heterocycles. The largest absolute Gasteiger partial charge is 0.457 e. The van der Waals surface area contributed by atoms with E-state index in [-0.39, 0.29) is 29.0 Å². The average molecular weight is 579 g/mol. The fourth-order valence-corrected chi connectivity index (χ4v) is 4.82.